The predicted molar refractivity (Wildman–Crippen MR) is 72.0 cm³/mol. The van der Waals surface area contributed by atoms with Crippen molar-refractivity contribution in [3.05, 3.63) is 40.2 Å². The van der Waals surface area contributed by atoms with Gasteiger partial charge < -0.3 is 5.32 Å². The average Bonchev–Trinajstić information content (AvgIpc) is 2.33. The second kappa shape index (κ2) is 5.28. The smallest absolute Gasteiger partial charge is 0.239 e. The molecule has 0 spiro atoms. The molecule has 0 aliphatic rings. The van der Waals surface area contributed by atoms with Gasteiger partial charge in [0.05, 0.1) is 5.69 Å². The first-order chi connectivity index (χ1) is 8.58. The van der Waals surface area contributed by atoms with Gasteiger partial charge in [0.15, 0.2) is 0 Å². The van der Waals surface area contributed by atoms with Crippen molar-refractivity contribution in [3.8, 4) is 0 Å². The van der Waals surface area contributed by atoms with Crippen molar-refractivity contribution >= 4 is 33.4 Å². The quantitative estimate of drug-likeness (QED) is 0.600. The van der Waals surface area contributed by atoms with E-state index in [2.05, 4.69) is 36.6 Å². The number of hydrogen-bond donors (Lipinski definition) is 3. The number of aryl methyl sites for hydroxylation is 1. The maximum Gasteiger partial charge on any atom is 0.239 e. The van der Waals surface area contributed by atoms with Crippen LogP contribution < -0.4 is 16.6 Å². The SMILES string of the molecule is Cc1cc(Nc2cc(F)ccc2Br)nc(NN)n1. The van der Waals surface area contributed by atoms with Crippen LogP contribution in [0.25, 0.3) is 0 Å². The first-order valence-corrected chi connectivity index (χ1v) is 5.92. The molecule has 1 heterocycles. The third kappa shape index (κ3) is 2.93. The average molecular weight is 312 g/mol. The molecule has 0 aliphatic carbocycles. The monoisotopic (exact) mass is 311 g/mol. The van der Waals surface area contributed by atoms with E-state index in [1.165, 1.54) is 12.1 Å². The fraction of sp³-hybridized carbons (Fsp3) is 0.0909. The zero-order chi connectivity index (χ0) is 13.1. The Morgan fingerprint density at radius 3 is 2.78 bits per heavy atom. The maximum atomic E-state index is 13.1. The molecule has 0 amide bonds. The Morgan fingerprint density at radius 1 is 1.28 bits per heavy atom. The molecule has 2 rings (SSSR count). The fourth-order valence-electron chi connectivity index (χ4n) is 1.43. The topological polar surface area (TPSA) is 75.9 Å². The summed E-state index contributed by atoms with van der Waals surface area (Å²) in [6, 6.07) is 6.09. The van der Waals surface area contributed by atoms with Gasteiger partial charge in [0, 0.05) is 16.2 Å². The highest BCUT2D eigenvalue weighted by Gasteiger charge is 2.05. The van der Waals surface area contributed by atoms with Crippen molar-refractivity contribution in [1.29, 1.82) is 0 Å². The van der Waals surface area contributed by atoms with Crippen LogP contribution in [0.2, 0.25) is 0 Å². The largest absolute Gasteiger partial charge is 0.339 e. The van der Waals surface area contributed by atoms with E-state index in [0.717, 1.165) is 10.2 Å². The lowest BCUT2D eigenvalue weighted by molar-refractivity contribution is 0.628. The number of anilines is 3. The molecule has 2 aromatic rings. The molecule has 7 heteroatoms. The van der Waals surface area contributed by atoms with Gasteiger partial charge in [0.25, 0.3) is 0 Å². The molecule has 0 aliphatic heterocycles. The summed E-state index contributed by atoms with van der Waals surface area (Å²) in [5.74, 6) is 5.76. The summed E-state index contributed by atoms with van der Waals surface area (Å²) in [5.41, 5.74) is 3.70. The number of halogens is 2. The molecular formula is C11H11BrFN5. The summed E-state index contributed by atoms with van der Waals surface area (Å²) in [5, 5.41) is 3.00. The van der Waals surface area contributed by atoms with E-state index in [4.69, 9.17) is 5.84 Å². The summed E-state index contributed by atoms with van der Waals surface area (Å²) in [4.78, 5) is 8.18. The minimum absolute atomic E-state index is 0.296. The minimum atomic E-state index is -0.330. The van der Waals surface area contributed by atoms with E-state index in [-0.39, 0.29) is 5.82 Å². The van der Waals surface area contributed by atoms with Gasteiger partial charge in [0.2, 0.25) is 5.95 Å². The molecule has 18 heavy (non-hydrogen) atoms. The Bertz CT molecular complexity index is 575. The van der Waals surface area contributed by atoms with Gasteiger partial charge in [-0.15, -0.1) is 0 Å². The molecule has 1 aromatic carbocycles. The van der Waals surface area contributed by atoms with Gasteiger partial charge >= 0.3 is 0 Å². The van der Waals surface area contributed by atoms with Gasteiger partial charge in [0.1, 0.15) is 11.6 Å². The van der Waals surface area contributed by atoms with Crippen molar-refractivity contribution < 1.29 is 4.39 Å². The number of nitrogens with zero attached hydrogens (tertiary/aromatic N) is 2. The van der Waals surface area contributed by atoms with Crippen LogP contribution in [0.4, 0.5) is 21.8 Å². The normalized spacial score (nSPS) is 10.2. The predicted octanol–water partition coefficient (Wildman–Crippen LogP) is 2.72. The third-order valence-corrected chi connectivity index (χ3v) is 2.87. The number of nitrogen functional groups attached to an aromatic ring is 1. The molecule has 1 aromatic heterocycles. The van der Waals surface area contributed by atoms with Crippen LogP contribution in [0.15, 0.2) is 28.7 Å². The number of nitrogens with one attached hydrogen (secondary N) is 2. The molecule has 0 atom stereocenters. The molecule has 5 nitrogen and oxygen atoms in total. The number of benzene rings is 1. The van der Waals surface area contributed by atoms with Crippen LogP contribution >= 0.6 is 15.9 Å². The van der Waals surface area contributed by atoms with Crippen molar-refractivity contribution in [1.82, 2.24) is 9.97 Å². The van der Waals surface area contributed by atoms with Crippen LogP contribution in [0.3, 0.4) is 0 Å². The zero-order valence-electron chi connectivity index (χ0n) is 9.54. The Morgan fingerprint density at radius 2 is 2.06 bits per heavy atom. The lowest BCUT2D eigenvalue weighted by atomic mass is 10.3. The molecule has 0 unspecified atom stereocenters. The van der Waals surface area contributed by atoms with Crippen LogP contribution in [-0.4, -0.2) is 9.97 Å². The highest BCUT2D eigenvalue weighted by Crippen LogP contribution is 2.26. The van der Waals surface area contributed by atoms with Crippen LogP contribution in [0.1, 0.15) is 5.69 Å². The van der Waals surface area contributed by atoms with Crippen molar-refractivity contribution in [2.24, 2.45) is 5.84 Å². The number of nitrogens with two attached hydrogens (primary N) is 1. The highest BCUT2D eigenvalue weighted by atomic mass is 79.9. The standard InChI is InChI=1S/C11H11BrFN5/c1-6-4-10(17-11(15-6)18-14)16-9-5-7(13)2-3-8(9)12/h2-5H,14H2,1H3,(H2,15,16,17,18). The number of hydrazine groups is 1. The van der Waals surface area contributed by atoms with Crippen molar-refractivity contribution in [3.63, 3.8) is 0 Å². The van der Waals surface area contributed by atoms with E-state index >= 15 is 0 Å². The second-order valence-corrected chi connectivity index (χ2v) is 4.47. The van der Waals surface area contributed by atoms with Gasteiger partial charge in [-0.2, -0.15) is 4.98 Å². The van der Waals surface area contributed by atoms with E-state index in [9.17, 15) is 4.39 Å². The van der Waals surface area contributed by atoms with Crippen LogP contribution in [0, 0.1) is 12.7 Å². The first-order valence-electron chi connectivity index (χ1n) is 5.13. The van der Waals surface area contributed by atoms with E-state index in [1.54, 1.807) is 12.1 Å². The first kappa shape index (κ1) is 12.7. The Kier molecular flexibility index (Phi) is 3.73. The summed E-state index contributed by atoms with van der Waals surface area (Å²) >= 11 is 3.33. The number of aromatic nitrogens is 2. The Balaban J connectivity index is 2.33. The van der Waals surface area contributed by atoms with Gasteiger partial charge in [-0.1, -0.05) is 0 Å². The summed E-state index contributed by atoms with van der Waals surface area (Å²) in [6.45, 7) is 1.81. The molecule has 94 valence electrons. The Labute approximate surface area is 112 Å². The maximum absolute atomic E-state index is 13.1. The van der Waals surface area contributed by atoms with Gasteiger partial charge in [-0.25, -0.2) is 15.2 Å². The van der Waals surface area contributed by atoms with Crippen molar-refractivity contribution in [2.75, 3.05) is 10.7 Å². The lowest BCUT2D eigenvalue weighted by Crippen LogP contribution is -2.12. The summed E-state index contributed by atoms with van der Waals surface area (Å²) in [7, 11) is 0. The Hall–Kier alpha value is -1.73. The second-order valence-electron chi connectivity index (χ2n) is 3.61. The highest BCUT2D eigenvalue weighted by molar-refractivity contribution is 9.10. The number of hydrogen-bond acceptors (Lipinski definition) is 5. The molecule has 0 saturated heterocycles. The zero-order valence-corrected chi connectivity index (χ0v) is 11.1. The van der Waals surface area contributed by atoms with E-state index in [0.29, 0.717) is 17.5 Å². The lowest BCUT2D eigenvalue weighted by Gasteiger charge is -2.09. The fourth-order valence-corrected chi connectivity index (χ4v) is 1.77. The van der Waals surface area contributed by atoms with Crippen LogP contribution in [-0.2, 0) is 0 Å². The van der Waals surface area contributed by atoms with Crippen LogP contribution in [0.5, 0.6) is 0 Å². The number of rotatable bonds is 3. The van der Waals surface area contributed by atoms with Gasteiger partial charge in [-0.05, 0) is 41.1 Å². The third-order valence-electron chi connectivity index (χ3n) is 2.17. The van der Waals surface area contributed by atoms with Crippen molar-refractivity contribution in [2.45, 2.75) is 6.92 Å². The molecule has 4 N–H and O–H groups in total. The molecular weight excluding hydrogens is 301 g/mol. The molecule has 0 bridgehead atoms. The van der Waals surface area contributed by atoms with E-state index < -0.39 is 0 Å². The molecule has 0 radical (unpaired) electrons. The minimum Gasteiger partial charge on any atom is -0.339 e. The van der Waals surface area contributed by atoms with E-state index in [1.807, 2.05) is 6.92 Å². The molecule has 0 saturated carbocycles. The van der Waals surface area contributed by atoms with Gasteiger partial charge in [-0.3, -0.25) is 5.43 Å². The molecule has 0 fully saturated rings. The summed E-state index contributed by atoms with van der Waals surface area (Å²) < 4.78 is 13.9. The summed E-state index contributed by atoms with van der Waals surface area (Å²) in [6.07, 6.45) is 0.